The maximum atomic E-state index is 6.13. The monoisotopic (exact) mass is 304 g/mol. The van der Waals surface area contributed by atoms with Crippen LogP contribution in [0.15, 0.2) is 18.5 Å². The van der Waals surface area contributed by atoms with Crippen molar-refractivity contribution in [2.24, 2.45) is 0 Å². The van der Waals surface area contributed by atoms with Gasteiger partial charge in [0.05, 0.1) is 11.7 Å². The van der Waals surface area contributed by atoms with Crippen LogP contribution in [0.4, 0.5) is 5.95 Å². The molecule has 5 nitrogen and oxygen atoms in total. The molecule has 0 aliphatic carbocycles. The molecule has 2 saturated heterocycles. The van der Waals surface area contributed by atoms with Gasteiger partial charge in [-0.15, -0.1) is 0 Å². The topological polar surface area (TPSA) is 41.5 Å². The molecule has 0 saturated carbocycles. The average Bonchev–Trinajstić information content (AvgIpc) is 2.87. The molecule has 0 bridgehead atoms. The largest absolute Gasteiger partial charge is 0.371 e. The Bertz CT molecular complexity index is 471. The predicted octanol–water partition coefficient (Wildman–Crippen LogP) is 2.33. The van der Waals surface area contributed by atoms with Crippen LogP contribution >= 0.6 is 0 Å². The Morgan fingerprint density at radius 3 is 2.50 bits per heavy atom. The number of piperidine rings is 1. The molecule has 2 aliphatic rings. The summed E-state index contributed by atoms with van der Waals surface area (Å²) in [6.45, 7) is 7.53. The average molecular weight is 304 g/mol. The van der Waals surface area contributed by atoms with E-state index in [4.69, 9.17) is 4.74 Å². The molecular weight excluding hydrogens is 276 g/mol. The number of ether oxygens (including phenoxy) is 1. The lowest BCUT2D eigenvalue weighted by molar-refractivity contribution is -0.0312. The van der Waals surface area contributed by atoms with Crippen molar-refractivity contribution in [2.45, 2.75) is 57.3 Å². The smallest absolute Gasteiger partial charge is 0.225 e. The van der Waals surface area contributed by atoms with E-state index in [9.17, 15) is 0 Å². The third kappa shape index (κ3) is 3.76. The quantitative estimate of drug-likeness (QED) is 0.854. The highest BCUT2D eigenvalue weighted by atomic mass is 16.5. The fraction of sp³-hybridized carbons (Fsp3) is 0.765. The molecule has 1 unspecified atom stereocenters. The van der Waals surface area contributed by atoms with E-state index in [2.05, 4.69) is 40.7 Å². The lowest BCUT2D eigenvalue weighted by atomic mass is 10.0. The van der Waals surface area contributed by atoms with Crippen LogP contribution in [0.2, 0.25) is 0 Å². The van der Waals surface area contributed by atoms with Gasteiger partial charge in [0, 0.05) is 38.1 Å². The summed E-state index contributed by atoms with van der Waals surface area (Å²) >= 11 is 0. The highest BCUT2D eigenvalue weighted by molar-refractivity contribution is 5.29. The molecule has 1 atom stereocenters. The van der Waals surface area contributed by atoms with Gasteiger partial charge in [-0.2, -0.15) is 0 Å². The zero-order valence-corrected chi connectivity index (χ0v) is 14.0. The van der Waals surface area contributed by atoms with Gasteiger partial charge in [-0.1, -0.05) is 0 Å². The molecule has 1 aromatic heterocycles. The minimum absolute atomic E-state index is 0.0690. The van der Waals surface area contributed by atoms with E-state index in [1.807, 2.05) is 18.5 Å². The summed E-state index contributed by atoms with van der Waals surface area (Å²) in [5.74, 6) is 0.865. The molecule has 5 heteroatoms. The van der Waals surface area contributed by atoms with E-state index in [-0.39, 0.29) is 5.60 Å². The summed E-state index contributed by atoms with van der Waals surface area (Å²) < 4.78 is 6.13. The van der Waals surface area contributed by atoms with Crippen LogP contribution < -0.4 is 4.90 Å². The number of nitrogens with zero attached hydrogens (tertiary/aromatic N) is 4. The first-order chi connectivity index (χ1) is 10.5. The molecule has 1 aromatic rings. The molecule has 0 aromatic carbocycles. The number of rotatable bonds is 4. The fourth-order valence-corrected chi connectivity index (χ4v) is 3.64. The summed E-state index contributed by atoms with van der Waals surface area (Å²) in [5, 5.41) is 0. The van der Waals surface area contributed by atoms with Crippen LogP contribution in [0.1, 0.15) is 39.5 Å². The number of aromatic nitrogens is 2. The maximum Gasteiger partial charge on any atom is 0.225 e. The maximum absolute atomic E-state index is 6.13. The summed E-state index contributed by atoms with van der Waals surface area (Å²) in [4.78, 5) is 13.5. The Morgan fingerprint density at radius 1 is 1.23 bits per heavy atom. The number of hydrogen-bond donors (Lipinski definition) is 0. The van der Waals surface area contributed by atoms with Crippen molar-refractivity contribution < 1.29 is 4.74 Å². The standard InChI is InChI=1S/C17H28N4O/c1-17(2)8-5-15(22-17)13-20(3)14-6-11-21(12-7-14)16-18-9-4-10-19-16/h4,9-10,14-15H,5-8,11-13H2,1-3H3. The second kappa shape index (κ2) is 6.50. The Labute approximate surface area is 133 Å². The summed E-state index contributed by atoms with van der Waals surface area (Å²) in [7, 11) is 2.24. The van der Waals surface area contributed by atoms with E-state index in [0.29, 0.717) is 12.1 Å². The van der Waals surface area contributed by atoms with Gasteiger partial charge in [0.2, 0.25) is 5.95 Å². The molecule has 3 rings (SSSR count). The van der Waals surface area contributed by atoms with E-state index in [1.54, 1.807) is 0 Å². The molecule has 3 heterocycles. The van der Waals surface area contributed by atoms with Crippen molar-refractivity contribution in [1.82, 2.24) is 14.9 Å². The molecule has 0 spiro atoms. The van der Waals surface area contributed by atoms with Crippen LogP contribution in [-0.2, 0) is 4.74 Å². The first-order valence-corrected chi connectivity index (χ1v) is 8.43. The Morgan fingerprint density at radius 2 is 1.91 bits per heavy atom. The van der Waals surface area contributed by atoms with Gasteiger partial charge in [0.15, 0.2) is 0 Å². The molecule has 122 valence electrons. The van der Waals surface area contributed by atoms with Gasteiger partial charge in [0.1, 0.15) is 0 Å². The second-order valence-corrected chi connectivity index (χ2v) is 7.24. The van der Waals surface area contributed by atoms with Gasteiger partial charge in [-0.3, -0.25) is 0 Å². The summed E-state index contributed by atoms with van der Waals surface area (Å²) in [5.41, 5.74) is 0.0690. The molecule has 0 amide bonds. The number of likely N-dealkylation sites (N-methyl/N-ethyl adjacent to an activating group) is 1. The number of anilines is 1. The number of hydrogen-bond acceptors (Lipinski definition) is 5. The van der Waals surface area contributed by atoms with Gasteiger partial charge in [-0.05, 0) is 52.6 Å². The zero-order chi connectivity index (χ0) is 15.6. The van der Waals surface area contributed by atoms with Gasteiger partial charge in [-0.25, -0.2) is 9.97 Å². The van der Waals surface area contributed by atoms with E-state index in [1.165, 1.54) is 25.7 Å². The highest BCUT2D eigenvalue weighted by Gasteiger charge is 2.33. The molecular formula is C17H28N4O. The third-order valence-corrected chi connectivity index (χ3v) is 4.97. The minimum atomic E-state index is 0.0690. The van der Waals surface area contributed by atoms with Crippen LogP contribution in [0, 0.1) is 0 Å². The molecule has 0 N–H and O–H groups in total. The second-order valence-electron chi connectivity index (χ2n) is 7.24. The van der Waals surface area contributed by atoms with E-state index in [0.717, 1.165) is 25.6 Å². The van der Waals surface area contributed by atoms with Crippen LogP contribution in [0.5, 0.6) is 0 Å². The first kappa shape index (κ1) is 15.7. The Balaban J connectivity index is 1.47. The Hall–Kier alpha value is -1.20. The van der Waals surface area contributed by atoms with Crippen molar-refractivity contribution >= 4 is 5.95 Å². The van der Waals surface area contributed by atoms with Gasteiger partial charge < -0.3 is 14.5 Å². The minimum Gasteiger partial charge on any atom is -0.371 e. The third-order valence-electron chi connectivity index (χ3n) is 4.97. The summed E-state index contributed by atoms with van der Waals surface area (Å²) in [6.07, 6.45) is 8.74. The zero-order valence-electron chi connectivity index (χ0n) is 14.0. The highest BCUT2D eigenvalue weighted by Crippen LogP contribution is 2.30. The SMILES string of the molecule is CN(CC1CCC(C)(C)O1)C1CCN(c2ncccn2)CC1. The van der Waals surface area contributed by atoms with Crippen molar-refractivity contribution in [3.63, 3.8) is 0 Å². The van der Waals surface area contributed by atoms with Crippen molar-refractivity contribution in [1.29, 1.82) is 0 Å². The van der Waals surface area contributed by atoms with Crippen LogP contribution in [0.25, 0.3) is 0 Å². The molecule has 2 aliphatic heterocycles. The van der Waals surface area contributed by atoms with Gasteiger partial charge >= 0.3 is 0 Å². The van der Waals surface area contributed by atoms with Crippen LogP contribution in [0.3, 0.4) is 0 Å². The lowest BCUT2D eigenvalue weighted by Gasteiger charge is -2.37. The van der Waals surface area contributed by atoms with Crippen molar-refractivity contribution in [3.8, 4) is 0 Å². The van der Waals surface area contributed by atoms with Crippen molar-refractivity contribution in [2.75, 3.05) is 31.6 Å². The lowest BCUT2D eigenvalue weighted by Crippen LogP contribution is -2.46. The molecule has 22 heavy (non-hydrogen) atoms. The van der Waals surface area contributed by atoms with E-state index >= 15 is 0 Å². The first-order valence-electron chi connectivity index (χ1n) is 8.43. The summed E-state index contributed by atoms with van der Waals surface area (Å²) in [6, 6.07) is 2.51. The van der Waals surface area contributed by atoms with Crippen molar-refractivity contribution in [3.05, 3.63) is 18.5 Å². The molecule has 2 fully saturated rings. The fourth-order valence-electron chi connectivity index (χ4n) is 3.64. The molecule has 0 radical (unpaired) electrons. The van der Waals surface area contributed by atoms with Gasteiger partial charge in [0.25, 0.3) is 0 Å². The van der Waals surface area contributed by atoms with Crippen LogP contribution in [-0.4, -0.2) is 59.3 Å². The predicted molar refractivity (Wildman–Crippen MR) is 88.1 cm³/mol. The Kier molecular flexibility index (Phi) is 4.64. The normalized spacial score (nSPS) is 25.8. The van der Waals surface area contributed by atoms with E-state index < -0.39 is 0 Å².